The van der Waals surface area contributed by atoms with Gasteiger partial charge in [0.1, 0.15) is 16.4 Å². The van der Waals surface area contributed by atoms with Gasteiger partial charge in [-0.15, -0.1) is 0 Å². The first-order valence-electron chi connectivity index (χ1n) is 7.76. The van der Waals surface area contributed by atoms with E-state index in [1.54, 1.807) is 7.05 Å². The van der Waals surface area contributed by atoms with E-state index in [-0.39, 0.29) is 41.5 Å². The second-order valence-corrected chi connectivity index (χ2v) is 8.15. The maximum absolute atomic E-state index is 13.0. The molecule has 7 nitrogen and oxygen atoms in total. The zero-order valence-electron chi connectivity index (χ0n) is 13.3. The number of aromatic nitrogens is 1. The molecule has 1 N–H and O–H groups in total. The predicted molar refractivity (Wildman–Crippen MR) is 83.4 cm³/mol. The predicted octanol–water partition coefficient (Wildman–Crippen LogP) is 0.517. The lowest BCUT2D eigenvalue weighted by Gasteiger charge is -2.33. The standard InChI is InChI=1S/C15H21N3O4S/c1-16-15(20)14-8-12(9-17(14)2)23(21,22)18-6-5-11(19)7-13(18)10-3-4-10/h8-10,13H,3-7H2,1-2H3,(H,16,20)/t13-/m1/s1. The highest BCUT2D eigenvalue weighted by atomic mass is 32.2. The number of hydrogen-bond acceptors (Lipinski definition) is 4. The molecule has 2 fully saturated rings. The van der Waals surface area contributed by atoms with Crippen LogP contribution in [0.5, 0.6) is 0 Å². The number of piperidine rings is 1. The maximum Gasteiger partial charge on any atom is 0.267 e. The summed E-state index contributed by atoms with van der Waals surface area (Å²) in [6.07, 6.45) is 3.97. The minimum atomic E-state index is -3.70. The fourth-order valence-corrected chi connectivity index (χ4v) is 4.94. The Kier molecular flexibility index (Phi) is 4.05. The summed E-state index contributed by atoms with van der Waals surface area (Å²) in [6, 6.07) is 1.17. The average molecular weight is 339 g/mol. The zero-order valence-corrected chi connectivity index (χ0v) is 14.1. The smallest absolute Gasteiger partial charge is 0.267 e. The first-order valence-corrected chi connectivity index (χ1v) is 9.20. The molecule has 1 atom stereocenters. The summed E-state index contributed by atoms with van der Waals surface area (Å²) in [5.74, 6) is 0.0881. The van der Waals surface area contributed by atoms with Crippen molar-refractivity contribution >= 4 is 21.7 Å². The minimum absolute atomic E-state index is 0.110. The molecule has 126 valence electrons. The van der Waals surface area contributed by atoms with Gasteiger partial charge >= 0.3 is 0 Å². The summed E-state index contributed by atoms with van der Waals surface area (Å²) in [6.45, 7) is 0.229. The van der Waals surface area contributed by atoms with E-state index >= 15 is 0 Å². The minimum Gasteiger partial charge on any atom is -0.354 e. The van der Waals surface area contributed by atoms with E-state index in [4.69, 9.17) is 0 Å². The van der Waals surface area contributed by atoms with Crippen LogP contribution in [0.15, 0.2) is 17.2 Å². The Labute approximate surface area is 135 Å². The molecule has 8 heteroatoms. The molecule has 1 aromatic rings. The molecule has 1 amide bonds. The average Bonchev–Trinajstić information content (AvgIpc) is 3.28. The molecule has 0 spiro atoms. The zero-order chi connectivity index (χ0) is 16.8. The monoisotopic (exact) mass is 339 g/mol. The third-order valence-electron chi connectivity index (χ3n) is 4.63. The van der Waals surface area contributed by atoms with Gasteiger partial charge in [0.15, 0.2) is 0 Å². The first-order chi connectivity index (χ1) is 10.8. The summed E-state index contributed by atoms with van der Waals surface area (Å²) < 4.78 is 28.9. The van der Waals surface area contributed by atoms with Crippen LogP contribution in [0.2, 0.25) is 0 Å². The summed E-state index contributed by atoms with van der Waals surface area (Å²) in [5.41, 5.74) is 0.294. The second kappa shape index (κ2) is 5.76. The van der Waals surface area contributed by atoms with Crippen molar-refractivity contribution in [2.75, 3.05) is 13.6 Å². The van der Waals surface area contributed by atoms with Crippen molar-refractivity contribution in [3.8, 4) is 0 Å². The Hall–Kier alpha value is -1.67. The summed E-state index contributed by atoms with van der Waals surface area (Å²) >= 11 is 0. The molecule has 0 unspecified atom stereocenters. The van der Waals surface area contributed by atoms with Gasteiger partial charge in [-0.25, -0.2) is 8.42 Å². The molecule has 1 saturated carbocycles. The Morgan fingerprint density at radius 2 is 2.04 bits per heavy atom. The normalized spacial score (nSPS) is 23.0. The van der Waals surface area contributed by atoms with Crippen LogP contribution in [0.1, 0.15) is 36.2 Å². The van der Waals surface area contributed by atoms with Gasteiger partial charge in [-0.1, -0.05) is 0 Å². The number of rotatable bonds is 4. The van der Waals surface area contributed by atoms with Crippen molar-refractivity contribution < 1.29 is 18.0 Å². The second-order valence-electron chi connectivity index (χ2n) is 6.26. The fourth-order valence-electron chi connectivity index (χ4n) is 3.18. The van der Waals surface area contributed by atoms with E-state index < -0.39 is 10.0 Å². The van der Waals surface area contributed by atoms with Crippen molar-refractivity contribution in [2.45, 2.75) is 36.6 Å². The Bertz CT molecular complexity index is 749. The Morgan fingerprint density at radius 1 is 1.35 bits per heavy atom. The third-order valence-corrected chi connectivity index (χ3v) is 6.52. The van der Waals surface area contributed by atoms with Crippen molar-refractivity contribution in [1.29, 1.82) is 0 Å². The molecule has 2 heterocycles. The quantitative estimate of drug-likeness (QED) is 0.866. The van der Waals surface area contributed by atoms with Crippen LogP contribution >= 0.6 is 0 Å². The van der Waals surface area contributed by atoms with E-state index in [1.807, 2.05) is 0 Å². The molecule has 1 saturated heterocycles. The van der Waals surface area contributed by atoms with Gasteiger partial charge in [0.25, 0.3) is 5.91 Å². The van der Waals surface area contributed by atoms with Gasteiger partial charge in [0, 0.05) is 45.7 Å². The number of sulfonamides is 1. The van der Waals surface area contributed by atoms with Gasteiger partial charge in [-0.05, 0) is 24.8 Å². The lowest BCUT2D eigenvalue weighted by Crippen LogP contribution is -2.47. The van der Waals surface area contributed by atoms with Crippen molar-refractivity contribution in [1.82, 2.24) is 14.2 Å². The largest absolute Gasteiger partial charge is 0.354 e. The maximum atomic E-state index is 13.0. The van der Waals surface area contributed by atoms with E-state index in [9.17, 15) is 18.0 Å². The van der Waals surface area contributed by atoms with Crippen LogP contribution in [0.3, 0.4) is 0 Å². The lowest BCUT2D eigenvalue weighted by atomic mass is 10.00. The third kappa shape index (κ3) is 2.92. The van der Waals surface area contributed by atoms with Gasteiger partial charge in [-0.3, -0.25) is 9.59 Å². The van der Waals surface area contributed by atoms with E-state index in [0.717, 1.165) is 12.8 Å². The number of aryl methyl sites for hydroxylation is 1. The van der Waals surface area contributed by atoms with Crippen molar-refractivity contribution in [3.63, 3.8) is 0 Å². The van der Waals surface area contributed by atoms with Crippen LogP contribution in [0.4, 0.5) is 0 Å². The highest BCUT2D eigenvalue weighted by Gasteiger charge is 2.44. The molecular weight excluding hydrogens is 318 g/mol. The number of Topliss-reactive ketones (excluding diaryl/α,β-unsaturated/α-hetero) is 1. The summed E-state index contributed by atoms with van der Waals surface area (Å²) in [5, 5.41) is 2.50. The molecular formula is C15H21N3O4S. The van der Waals surface area contributed by atoms with E-state index in [2.05, 4.69) is 5.32 Å². The topological polar surface area (TPSA) is 88.5 Å². The molecule has 1 aliphatic heterocycles. The van der Waals surface area contributed by atoms with Crippen LogP contribution < -0.4 is 5.32 Å². The molecule has 0 aromatic carbocycles. The van der Waals surface area contributed by atoms with Crippen LogP contribution in [0, 0.1) is 5.92 Å². The molecule has 23 heavy (non-hydrogen) atoms. The summed E-state index contributed by atoms with van der Waals surface area (Å²) in [7, 11) is -0.559. The molecule has 2 aliphatic rings. The van der Waals surface area contributed by atoms with Gasteiger partial charge < -0.3 is 9.88 Å². The first kappa shape index (κ1) is 16.2. The van der Waals surface area contributed by atoms with E-state index in [0.29, 0.717) is 12.1 Å². The van der Waals surface area contributed by atoms with Crippen molar-refractivity contribution in [3.05, 3.63) is 18.0 Å². The number of carbonyl (C=O) groups is 2. The number of amides is 1. The highest BCUT2D eigenvalue weighted by molar-refractivity contribution is 7.89. The number of ketones is 1. The number of nitrogens with one attached hydrogen (secondary N) is 1. The Balaban J connectivity index is 1.94. The van der Waals surface area contributed by atoms with Gasteiger partial charge in [-0.2, -0.15) is 4.31 Å². The fraction of sp³-hybridized carbons (Fsp3) is 0.600. The van der Waals surface area contributed by atoms with Crippen LogP contribution in [-0.4, -0.2) is 48.6 Å². The van der Waals surface area contributed by atoms with Gasteiger partial charge in [0.05, 0.1) is 0 Å². The lowest BCUT2D eigenvalue weighted by molar-refractivity contribution is -0.122. The van der Waals surface area contributed by atoms with Crippen LogP contribution in [-0.2, 0) is 21.9 Å². The molecule has 0 bridgehead atoms. The number of carbonyl (C=O) groups excluding carboxylic acids is 2. The SMILES string of the molecule is CNC(=O)c1cc(S(=O)(=O)N2CCC(=O)C[C@@H]2C2CC2)cn1C. The summed E-state index contributed by atoms with van der Waals surface area (Å²) in [4.78, 5) is 23.6. The van der Waals surface area contributed by atoms with Crippen LogP contribution in [0.25, 0.3) is 0 Å². The van der Waals surface area contributed by atoms with Crippen molar-refractivity contribution in [2.24, 2.45) is 13.0 Å². The molecule has 1 aliphatic carbocycles. The number of nitrogens with zero attached hydrogens (tertiary/aromatic N) is 2. The Morgan fingerprint density at radius 3 is 2.65 bits per heavy atom. The number of hydrogen-bond donors (Lipinski definition) is 1. The molecule has 1 aromatic heterocycles. The molecule has 0 radical (unpaired) electrons. The van der Waals surface area contributed by atoms with Gasteiger partial charge in [0.2, 0.25) is 10.0 Å². The van der Waals surface area contributed by atoms with E-state index in [1.165, 1.54) is 28.2 Å². The molecule has 3 rings (SSSR count). The highest BCUT2D eigenvalue weighted by Crippen LogP contribution is 2.40.